The molecule has 9 heteroatoms. The van der Waals surface area contributed by atoms with Crippen LogP contribution in [-0.4, -0.2) is 29.7 Å². The Kier molecular flexibility index (Phi) is 7.64. The smallest absolute Gasteiger partial charge is 0.255 e. The number of nitrogens with zero attached hydrogens (tertiary/aromatic N) is 1. The van der Waals surface area contributed by atoms with Crippen LogP contribution in [0, 0.1) is 0 Å². The molecule has 1 aromatic carbocycles. The van der Waals surface area contributed by atoms with Crippen LogP contribution >= 0.6 is 23.2 Å². The van der Waals surface area contributed by atoms with Crippen molar-refractivity contribution in [2.75, 3.05) is 18.5 Å². The van der Waals surface area contributed by atoms with Crippen LogP contribution in [0.15, 0.2) is 42.4 Å². The number of aromatic nitrogens is 1. The van der Waals surface area contributed by atoms with Crippen molar-refractivity contribution in [3.8, 4) is 11.5 Å². The Bertz CT molecular complexity index is 963. The molecule has 7 nitrogen and oxygen atoms in total. The van der Waals surface area contributed by atoms with Crippen LogP contribution in [0.4, 0.5) is 5.69 Å². The largest absolute Gasteiger partial charge is 0.490 e. The van der Waals surface area contributed by atoms with Gasteiger partial charge in [-0.25, -0.2) is 0 Å². The minimum Gasteiger partial charge on any atom is -0.490 e. The summed E-state index contributed by atoms with van der Waals surface area (Å²) in [6.45, 7) is 6.68. The molecular formula is C22H25Cl2N3O4. The molecular weight excluding hydrogens is 441 g/mol. The monoisotopic (exact) mass is 465 g/mol. The second-order valence-corrected chi connectivity index (χ2v) is 8.24. The zero-order valence-corrected chi connectivity index (χ0v) is 19.1. The first-order chi connectivity index (χ1) is 14.8. The third-order valence-electron chi connectivity index (χ3n) is 4.53. The number of anilines is 1. The average Bonchev–Trinajstić information content (AvgIpc) is 3.09. The molecule has 2 heterocycles. The Morgan fingerprint density at radius 3 is 2.61 bits per heavy atom. The van der Waals surface area contributed by atoms with E-state index in [1.165, 1.54) is 12.4 Å². The maximum atomic E-state index is 12.8. The lowest BCUT2D eigenvalue weighted by molar-refractivity contribution is -0.0526. The molecule has 3 rings (SSSR count). The summed E-state index contributed by atoms with van der Waals surface area (Å²) in [6.07, 6.45) is 6.68. The van der Waals surface area contributed by atoms with Gasteiger partial charge in [-0.1, -0.05) is 36.5 Å². The number of halogens is 2. The predicted molar refractivity (Wildman–Crippen MR) is 121 cm³/mol. The standard InChI is InChI=1S/C22H25Cl2N3O4/c1-4-5-8-29-18-7-6-15(21(28)26-20-16(23)11-25-12-17(20)24)9-19(18)30-13-22(3)10-14(2)27-31-22/h6-7,9-12,27H,4-5,8,13H2,1-3H3,(H,25,26,28). The lowest BCUT2D eigenvalue weighted by Crippen LogP contribution is -2.33. The van der Waals surface area contributed by atoms with Crippen LogP contribution in [0.2, 0.25) is 10.0 Å². The van der Waals surface area contributed by atoms with E-state index in [9.17, 15) is 4.79 Å². The summed E-state index contributed by atoms with van der Waals surface area (Å²) in [5.74, 6) is 0.611. The van der Waals surface area contributed by atoms with Gasteiger partial charge in [0, 0.05) is 23.7 Å². The lowest BCUT2D eigenvalue weighted by atomic mass is 10.1. The molecule has 2 N–H and O–H groups in total. The number of carbonyl (C=O) groups is 1. The summed E-state index contributed by atoms with van der Waals surface area (Å²) in [7, 11) is 0. The highest BCUT2D eigenvalue weighted by Crippen LogP contribution is 2.33. The molecule has 166 valence electrons. The first-order valence-corrected chi connectivity index (χ1v) is 10.7. The molecule has 0 saturated carbocycles. The molecule has 0 radical (unpaired) electrons. The minimum atomic E-state index is -0.638. The summed E-state index contributed by atoms with van der Waals surface area (Å²) in [5, 5.41) is 3.22. The molecule has 1 unspecified atom stereocenters. The van der Waals surface area contributed by atoms with Gasteiger partial charge in [0.05, 0.1) is 22.3 Å². The van der Waals surface area contributed by atoms with Gasteiger partial charge in [-0.05, 0) is 44.5 Å². The molecule has 0 saturated heterocycles. The maximum Gasteiger partial charge on any atom is 0.255 e. The third kappa shape index (κ3) is 6.03. The highest BCUT2D eigenvalue weighted by atomic mass is 35.5. The highest BCUT2D eigenvalue weighted by molar-refractivity contribution is 6.39. The van der Waals surface area contributed by atoms with Crippen LogP contribution < -0.4 is 20.3 Å². The van der Waals surface area contributed by atoms with Crippen LogP contribution in [0.3, 0.4) is 0 Å². The van der Waals surface area contributed by atoms with Crippen molar-refractivity contribution in [2.45, 2.75) is 39.2 Å². The van der Waals surface area contributed by atoms with Gasteiger partial charge in [0.15, 0.2) is 11.5 Å². The van der Waals surface area contributed by atoms with E-state index in [0.717, 1.165) is 18.5 Å². The number of allylic oxidation sites excluding steroid dienone is 1. The third-order valence-corrected chi connectivity index (χ3v) is 5.11. The molecule has 0 aliphatic carbocycles. The number of hydroxylamine groups is 1. The number of amides is 1. The van der Waals surface area contributed by atoms with E-state index in [2.05, 4.69) is 22.7 Å². The Balaban J connectivity index is 1.81. The number of ether oxygens (including phenoxy) is 2. The molecule has 1 aliphatic heterocycles. The van der Waals surface area contributed by atoms with E-state index in [1.54, 1.807) is 18.2 Å². The molecule has 0 bridgehead atoms. The fourth-order valence-electron chi connectivity index (χ4n) is 2.93. The van der Waals surface area contributed by atoms with E-state index in [1.807, 2.05) is 19.9 Å². The SMILES string of the molecule is CCCCOc1ccc(C(=O)Nc2c(Cl)cncc2Cl)cc1OCC1(C)C=C(C)NO1. The lowest BCUT2D eigenvalue weighted by Gasteiger charge is -2.22. The normalized spacial score (nSPS) is 17.6. The van der Waals surface area contributed by atoms with Gasteiger partial charge in [0.1, 0.15) is 12.2 Å². The molecule has 0 fully saturated rings. The second kappa shape index (κ2) is 10.2. The first-order valence-electron chi connectivity index (χ1n) is 9.95. The van der Waals surface area contributed by atoms with Crippen molar-refractivity contribution in [1.82, 2.24) is 10.5 Å². The average molecular weight is 466 g/mol. The number of unbranched alkanes of at least 4 members (excludes halogenated alkanes) is 1. The number of pyridine rings is 1. The summed E-state index contributed by atoms with van der Waals surface area (Å²) >= 11 is 12.2. The maximum absolute atomic E-state index is 12.8. The summed E-state index contributed by atoms with van der Waals surface area (Å²) in [4.78, 5) is 22.3. The fraction of sp³-hybridized carbons (Fsp3) is 0.364. The number of nitrogens with one attached hydrogen (secondary N) is 2. The summed E-state index contributed by atoms with van der Waals surface area (Å²) in [6, 6.07) is 5.00. The van der Waals surface area contributed by atoms with Gasteiger partial charge < -0.3 is 14.8 Å². The molecule has 1 amide bonds. The van der Waals surface area contributed by atoms with E-state index in [4.69, 9.17) is 37.5 Å². The molecule has 1 aromatic heterocycles. The predicted octanol–water partition coefficient (Wildman–Crippen LogP) is 5.40. The quantitative estimate of drug-likeness (QED) is 0.482. The van der Waals surface area contributed by atoms with E-state index in [-0.39, 0.29) is 22.6 Å². The summed E-state index contributed by atoms with van der Waals surface area (Å²) < 4.78 is 11.9. The van der Waals surface area contributed by atoms with Crippen molar-refractivity contribution >= 4 is 34.8 Å². The van der Waals surface area contributed by atoms with Crippen LogP contribution in [0.1, 0.15) is 44.0 Å². The summed E-state index contributed by atoms with van der Waals surface area (Å²) in [5.41, 5.74) is 3.76. The number of hydrogen-bond donors (Lipinski definition) is 2. The van der Waals surface area contributed by atoms with Crippen molar-refractivity contribution in [1.29, 1.82) is 0 Å². The Hall–Kier alpha value is -2.48. The van der Waals surface area contributed by atoms with E-state index >= 15 is 0 Å². The Labute approximate surface area is 191 Å². The Morgan fingerprint density at radius 1 is 1.23 bits per heavy atom. The Morgan fingerprint density at radius 2 is 1.97 bits per heavy atom. The molecule has 0 spiro atoms. The molecule has 31 heavy (non-hydrogen) atoms. The number of benzene rings is 1. The van der Waals surface area contributed by atoms with E-state index < -0.39 is 5.60 Å². The minimum absolute atomic E-state index is 0.231. The highest BCUT2D eigenvalue weighted by Gasteiger charge is 2.30. The van der Waals surface area contributed by atoms with Crippen LogP contribution in [-0.2, 0) is 4.84 Å². The van der Waals surface area contributed by atoms with Crippen molar-refractivity contribution < 1.29 is 19.1 Å². The van der Waals surface area contributed by atoms with E-state index in [0.29, 0.717) is 29.4 Å². The van der Waals surface area contributed by atoms with Gasteiger partial charge in [0.2, 0.25) is 0 Å². The number of hydrogen-bond acceptors (Lipinski definition) is 6. The second-order valence-electron chi connectivity index (χ2n) is 7.43. The van der Waals surface area contributed by atoms with Crippen LogP contribution in [0.5, 0.6) is 11.5 Å². The van der Waals surface area contributed by atoms with Crippen molar-refractivity contribution in [3.63, 3.8) is 0 Å². The van der Waals surface area contributed by atoms with Crippen molar-refractivity contribution in [2.24, 2.45) is 0 Å². The first kappa shape index (κ1) is 23.2. The van der Waals surface area contributed by atoms with Gasteiger partial charge in [-0.3, -0.25) is 20.1 Å². The number of rotatable bonds is 9. The molecule has 1 aliphatic rings. The number of carbonyl (C=O) groups excluding carboxylic acids is 1. The van der Waals surface area contributed by atoms with Crippen molar-refractivity contribution in [3.05, 3.63) is 58.0 Å². The van der Waals surface area contributed by atoms with Gasteiger partial charge in [-0.2, -0.15) is 0 Å². The van der Waals surface area contributed by atoms with Gasteiger partial charge >= 0.3 is 0 Å². The van der Waals surface area contributed by atoms with Gasteiger partial charge in [0.25, 0.3) is 5.91 Å². The zero-order chi connectivity index (χ0) is 22.4. The molecule has 2 aromatic rings. The molecule has 1 atom stereocenters. The topological polar surface area (TPSA) is 81.7 Å². The fourth-order valence-corrected chi connectivity index (χ4v) is 3.39. The van der Waals surface area contributed by atoms with Crippen LogP contribution in [0.25, 0.3) is 0 Å². The zero-order valence-electron chi connectivity index (χ0n) is 17.6. The van der Waals surface area contributed by atoms with Gasteiger partial charge in [-0.15, -0.1) is 0 Å².